The van der Waals surface area contributed by atoms with Crippen molar-refractivity contribution in [2.75, 3.05) is 118 Å². The number of rotatable bonds is 35. The maximum absolute atomic E-state index is 13.5. The van der Waals surface area contributed by atoms with Gasteiger partial charge in [-0.2, -0.15) is 0 Å². The number of aliphatic hydroxyl groups excluding tert-OH is 1. The standard InChI is InChI=1S/C42H66N8O16/c1-30(2)37(48-34(52)12-18-60-23-25-63-27-28-64-26-24-62-20-16-50-35(53)10-11-36(50)54)39(56)47-33(5-4-13-44-40(43)57)38(55)46-32-8-6-31(7-9-32)29-66-42(59)49(3)15-21-65-41(58)45-14-19-61-22-17-51/h6-11,30,33,37,51H,4-5,12-29H2,1-3H3,(H,45,58)(H,46,55)(H,47,56)(H,48,52)(H3,43,44,57)/t33-,37-/m0/s1. The molecule has 1 aromatic rings. The Morgan fingerprint density at radius 2 is 1.33 bits per heavy atom. The van der Waals surface area contributed by atoms with Crippen LogP contribution in [-0.4, -0.2) is 187 Å². The van der Waals surface area contributed by atoms with Gasteiger partial charge in [-0.25, -0.2) is 14.4 Å². The molecule has 1 heterocycles. The van der Waals surface area contributed by atoms with Crippen LogP contribution >= 0.6 is 0 Å². The van der Waals surface area contributed by atoms with E-state index in [0.717, 1.165) is 4.90 Å². The molecular formula is C42H66N8O16. The first kappa shape index (κ1) is 56.2. The van der Waals surface area contributed by atoms with Crippen molar-refractivity contribution in [2.24, 2.45) is 11.7 Å². The van der Waals surface area contributed by atoms with Gasteiger partial charge in [0, 0.05) is 44.4 Å². The predicted molar refractivity (Wildman–Crippen MR) is 234 cm³/mol. The van der Waals surface area contributed by atoms with Crippen molar-refractivity contribution in [2.45, 2.75) is 51.8 Å². The van der Waals surface area contributed by atoms with Gasteiger partial charge in [0.15, 0.2) is 0 Å². The summed E-state index contributed by atoms with van der Waals surface area (Å²) in [4.78, 5) is 100. The first-order valence-corrected chi connectivity index (χ1v) is 21.6. The summed E-state index contributed by atoms with van der Waals surface area (Å²) in [6.07, 6.45) is 1.47. The lowest BCUT2D eigenvalue weighted by Gasteiger charge is -2.25. The number of carbonyl (C=O) groups excluding carboxylic acids is 8. The zero-order valence-electron chi connectivity index (χ0n) is 37.9. The minimum absolute atomic E-state index is 0.0369. The quantitative estimate of drug-likeness (QED) is 0.0330. The number of likely N-dealkylation sites (N-methyl/N-ethyl adjacent to an activating group) is 1. The van der Waals surface area contributed by atoms with Gasteiger partial charge >= 0.3 is 18.2 Å². The normalized spacial score (nSPS) is 13.0. The largest absolute Gasteiger partial charge is 0.448 e. The molecule has 0 spiro atoms. The summed E-state index contributed by atoms with van der Waals surface area (Å²) in [7, 11) is 1.48. The van der Waals surface area contributed by atoms with Gasteiger partial charge < -0.3 is 75.5 Å². The van der Waals surface area contributed by atoms with E-state index < -0.39 is 48.0 Å². The van der Waals surface area contributed by atoms with E-state index in [4.69, 9.17) is 44.0 Å². The maximum atomic E-state index is 13.5. The molecule has 2 atom stereocenters. The number of nitrogens with one attached hydrogen (secondary N) is 5. The third-order valence-electron chi connectivity index (χ3n) is 9.12. The van der Waals surface area contributed by atoms with Crippen LogP contribution in [0.4, 0.5) is 20.1 Å². The van der Waals surface area contributed by atoms with E-state index in [-0.39, 0.29) is 129 Å². The van der Waals surface area contributed by atoms with E-state index in [1.807, 2.05) is 0 Å². The Bertz CT molecular complexity index is 1680. The van der Waals surface area contributed by atoms with Gasteiger partial charge in [-0.15, -0.1) is 0 Å². The molecule has 0 radical (unpaired) electrons. The molecule has 1 aromatic carbocycles. The van der Waals surface area contributed by atoms with Crippen molar-refractivity contribution in [1.29, 1.82) is 0 Å². The lowest BCUT2D eigenvalue weighted by molar-refractivity contribution is -0.137. The van der Waals surface area contributed by atoms with Crippen LogP contribution in [0.15, 0.2) is 36.4 Å². The Morgan fingerprint density at radius 3 is 1.94 bits per heavy atom. The molecule has 0 saturated carbocycles. The maximum Gasteiger partial charge on any atom is 0.409 e. The van der Waals surface area contributed by atoms with Gasteiger partial charge in [0.2, 0.25) is 17.7 Å². The number of anilines is 1. The van der Waals surface area contributed by atoms with Crippen LogP contribution in [0.5, 0.6) is 0 Å². The summed E-state index contributed by atoms with van der Waals surface area (Å²) in [5.41, 5.74) is 6.16. The van der Waals surface area contributed by atoms with Crippen molar-refractivity contribution in [3.63, 3.8) is 0 Å². The lowest BCUT2D eigenvalue weighted by atomic mass is 10.0. The van der Waals surface area contributed by atoms with Crippen LogP contribution in [0, 0.1) is 5.92 Å². The van der Waals surface area contributed by atoms with Crippen LogP contribution in [0.25, 0.3) is 0 Å². The van der Waals surface area contributed by atoms with Gasteiger partial charge in [-0.1, -0.05) is 26.0 Å². The molecule has 0 fully saturated rings. The molecule has 370 valence electrons. The summed E-state index contributed by atoms with van der Waals surface area (Å²) in [6, 6.07) is 3.67. The number of ether oxygens (including phenoxy) is 7. The molecule has 8 N–H and O–H groups in total. The molecule has 0 aromatic heterocycles. The van der Waals surface area contributed by atoms with Gasteiger partial charge in [-0.3, -0.25) is 28.9 Å². The number of hydrogen-bond donors (Lipinski definition) is 7. The molecule has 1 aliphatic rings. The number of primary amides is 1. The molecule has 2 rings (SSSR count). The molecule has 0 saturated heterocycles. The monoisotopic (exact) mass is 938 g/mol. The van der Waals surface area contributed by atoms with Gasteiger partial charge in [-0.05, 0) is 36.5 Å². The highest BCUT2D eigenvalue weighted by molar-refractivity contribution is 6.12. The van der Waals surface area contributed by atoms with E-state index in [2.05, 4.69) is 26.6 Å². The van der Waals surface area contributed by atoms with Crippen molar-refractivity contribution in [3.8, 4) is 0 Å². The summed E-state index contributed by atoms with van der Waals surface area (Å²) < 4.78 is 37.1. The zero-order chi connectivity index (χ0) is 48.5. The second-order valence-electron chi connectivity index (χ2n) is 14.7. The molecule has 0 unspecified atom stereocenters. The molecule has 0 bridgehead atoms. The number of aliphatic hydroxyl groups is 1. The highest BCUT2D eigenvalue weighted by Crippen LogP contribution is 2.13. The van der Waals surface area contributed by atoms with E-state index >= 15 is 0 Å². The number of hydrogen-bond acceptors (Lipinski definition) is 16. The number of imide groups is 1. The van der Waals surface area contributed by atoms with Gasteiger partial charge in [0.1, 0.15) is 25.3 Å². The third kappa shape index (κ3) is 25.0. The van der Waals surface area contributed by atoms with Crippen molar-refractivity contribution in [1.82, 2.24) is 31.1 Å². The Balaban J connectivity index is 1.72. The molecular weight excluding hydrogens is 873 g/mol. The van der Waals surface area contributed by atoms with Gasteiger partial charge in [0.25, 0.3) is 11.8 Å². The number of carbonyl (C=O) groups is 8. The Morgan fingerprint density at radius 1 is 0.727 bits per heavy atom. The Hall–Kier alpha value is -5.92. The fraction of sp³-hybridized carbons (Fsp3) is 0.619. The first-order valence-electron chi connectivity index (χ1n) is 21.6. The first-order chi connectivity index (χ1) is 31.7. The minimum atomic E-state index is -1.06. The Labute approximate surface area is 383 Å². The number of urea groups is 1. The van der Waals surface area contributed by atoms with Crippen molar-refractivity contribution in [3.05, 3.63) is 42.0 Å². The predicted octanol–water partition coefficient (Wildman–Crippen LogP) is -0.616. The number of benzene rings is 1. The fourth-order valence-electron chi connectivity index (χ4n) is 5.54. The number of nitrogens with zero attached hydrogens (tertiary/aromatic N) is 2. The highest BCUT2D eigenvalue weighted by Gasteiger charge is 2.29. The van der Waals surface area contributed by atoms with Crippen LogP contribution in [-0.2, 0) is 63.7 Å². The Kier molecular flexibility index (Phi) is 28.6. The van der Waals surface area contributed by atoms with Crippen molar-refractivity contribution < 1.29 is 76.6 Å². The number of nitrogens with two attached hydrogens (primary N) is 1. The average Bonchev–Trinajstić information content (AvgIpc) is 3.60. The molecule has 24 heteroatoms. The van der Waals surface area contributed by atoms with E-state index in [9.17, 15) is 38.4 Å². The van der Waals surface area contributed by atoms with E-state index in [1.165, 1.54) is 24.1 Å². The SMILES string of the molecule is CC(C)[C@H](NC(=O)CCOCCOCCOCCOCCN1C(=O)C=CC1=O)C(=O)N[C@@H](CCCNC(N)=O)C(=O)Nc1ccc(COC(=O)N(C)CCOC(=O)NCCOCCO)cc1. The molecule has 66 heavy (non-hydrogen) atoms. The molecule has 24 nitrogen and oxygen atoms in total. The summed E-state index contributed by atoms with van der Waals surface area (Å²) in [5.74, 6) is -2.65. The summed E-state index contributed by atoms with van der Waals surface area (Å²) in [5, 5.41) is 21.8. The molecule has 0 aliphatic carbocycles. The van der Waals surface area contributed by atoms with E-state index in [0.29, 0.717) is 31.1 Å². The number of alkyl carbamates (subject to hydrolysis) is 1. The lowest BCUT2D eigenvalue weighted by Crippen LogP contribution is -2.54. The van der Waals surface area contributed by atoms with E-state index in [1.54, 1.807) is 38.1 Å². The zero-order valence-corrected chi connectivity index (χ0v) is 37.9. The summed E-state index contributed by atoms with van der Waals surface area (Å²) >= 11 is 0. The van der Waals surface area contributed by atoms with Crippen molar-refractivity contribution >= 4 is 53.4 Å². The van der Waals surface area contributed by atoms with Crippen LogP contribution < -0.4 is 32.3 Å². The second-order valence-corrected chi connectivity index (χ2v) is 14.7. The fourth-order valence-corrected chi connectivity index (χ4v) is 5.54. The summed E-state index contributed by atoms with van der Waals surface area (Å²) in [6.45, 7) is 6.12. The second kappa shape index (κ2) is 33.5. The van der Waals surface area contributed by atoms with Gasteiger partial charge in [0.05, 0.1) is 85.8 Å². The smallest absolute Gasteiger partial charge is 0.409 e. The molecule has 1 aliphatic heterocycles. The highest BCUT2D eigenvalue weighted by atomic mass is 16.6. The minimum Gasteiger partial charge on any atom is -0.448 e. The van der Waals surface area contributed by atoms with Crippen LogP contribution in [0.3, 0.4) is 0 Å². The average molecular weight is 939 g/mol. The van der Waals surface area contributed by atoms with Crippen LogP contribution in [0.2, 0.25) is 0 Å². The topological polar surface area (TPSA) is 314 Å². The molecule has 9 amide bonds. The number of amides is 9. The van der Waals surface area contributed by atoms with Crippen LogP contribution in [0.1, 0.15) is 38.7 Å². The third-order valence-corrected chi connectivity index (χ3v) is 9.12.